The molecule has 1 saturated heterocycles. The van der Waals surface area contributed by atoms with E-state index in [1.165, 1.54) is 7.11 Å². The molecule has 1 aromatic carbocycles. The quantitative estimate of drug-likeness (QED) is 0.561. The van der Waals surface area contributed by atoms with Gasteiger partial charge < -0.3 is 19.0 Å². The van der Waals surface area contributed by atoms with E-state index >= 15 is 0 Å². The highest BCUT2D eigenvalue weighted by Crippen LogP contribution is 2.28. The summed E-state index contributed by atoms with van der Waals surface area (Å²) in [5, 5.41) is 10.6. The van der Waals surface area contributed by atoms with E-state index in [1.807, 2.05) is 24.0 Å². The Morgan fingerprint density at radius 2 is 2.10 bits per heavy atom. The van der Waals surface area contributed by atoms with Gasteiger partial charge in [-0.15, -0.1) is 0 Å². The third-order valence-electron chi connectivity index (χ3n) is 5.08. The molecule has 1 aromatic heterocycles. The van der Waals surface area contributed by atoms with E-state index in [0.29, 0.717) is 36.3 Å². The van der Waals surface area contributed by atoms with E-state index in [2.05, 4.69) is 0 Å². The Hall–Kier alpha value is -2.36. The van der Waals surface area contributed by atoms with Crippen LogP contribution in [0, 0.1) is 6.92 Å². The highest BCUT2D eigenvalue weighted by Gasteiger charge is 2.33. The largest absolute Gasteiger partial charge is 0.493 e. The number of rotatable bonds is 10. The van der Waals surface area contributed by atoms with Crippen LogP contribution in [-0.2, 0) is 16.4 Å². The van der Waals surface area contributed by atoms with Gasteiger partial charge in [-0.05, 0) is 43.7 Å². The molecule has 0 spiro atoms. The second kappa shape index (κ2) is 9.63. The highest BCUT2D eigenvalue weighted by atomic mass is 32.2. The molecule has 30 heavy (non-hydrogen) atoms. The van der Waals surface area contributed by atoms with Crippen LogP contribution in [0.5, 0.6) is 11.5 Å². The molecule has 0 bridgehead atoms. The van der Waals surface area contributed by atoms with Gasteiger partial charge in [-0.2, -0.15) is 0 Å². The first kappa shape index (κ1) is 22.3. The van der Waals surface area contributed by atoms with E-state index < -0.39 is 15.9 Å². The molecule has 2 heterocycles. The monoisotopic (exact) mass is 437 g/mol. The van der Waals surface area contributed by atoms with Crippen molar-refractivity contribution in [1.29, 1.82) is 0 Å². The molecule has 2 aromatic rings. The summed E-state index contributed by atoms with van der Waals surface area (Å²) in [6.45, 7) is 2.47. The number of hydrogen-bond donors (Lipinski definition) is 1. The van der Waals surface area contributed by atoms with Crippen molar-refractivity contribution in [3.05, 3.63) is 47.4 Å². The summed E-state index contributed by atoms with van der Waals surface area (Å²) in [5.74, 6) is 2.53. The first-order valence-corrected chi connectivity index (χ1v) is 11.6. The molecule has 1 fully saturated rings. The average Bonchev–Trinajstić information content (AvgIpc) is 3.30. The van der Waals surface area contributed by atoms with Crippen molar-refractivity contribution in [2.24, 2.45) is 0 Å². The fraction of sp³-hybridized carbons (Fsp3) is 0.476. The summed E-state index contributed by atoms with van der Waals surface area (Å²) in [5.41, 5.74) is 0.460. The predicted molar refractivity (Wildman–Crippen MR) is 111 cm³/mol. The van der Waals surface area contributed by atoms with Gasteiger partial charge in [0.15, 0.2) is 21.3 Å². The highest BCUT2D eigenvalue weighted by molar-refractivity contribution is 7.91. The molecule has 1 aliphatic rings. The van der Waals surface area contributed by atoms with Crippen molar-refractivity contribution in [2.75, 3.05) is 31.8 Å². The van der Waals surface area contributed by atoms with Crippen LogP contribution in [0.4, 0.5) is 0 Å². The van der Waals surface area contributed by atoms with Gasteiger partial charge in [-0.3, -0.25) is 9.69 Å². The first-order valence-electron chi connectivity index (χ1n) is 9.73. The molecule has 8 nitrogen and oxygen atoms in total. The molecule has 1 aliphatic heterocycles. The number of furan rings is 1. The van der Waals surface area contributed by atoms with E-state index in [4.69, 9.17) is 13.9 Å². The molecule has 2 atom stereocenters. The van der Waals surface area contributed by atoms with Crippen molar-refractivity contribution >= 4 is 16.1 Å². The predicted octanol–water partition coefficient (Wildman–Crippen LogP) is 1.84. The van der Waals surface area contributed by atoms with Crippen molar-refractivity contribution in [2.45, 2.75) is 32.0 Å². The second-order valence-electron chi connectivity index (χ2n) is 7.49. The van der Waals surface area contributed by atoms with E-state index in [1.54, 1.807) is 18.2 Å². The third kappa shape index (κ3) is 5.84. The Kier molecular flexibility index (Phi) is 7.17. The van der Waals surface area contributed by atoms with Crippen molar-refractivity contribution in [3.63, 3.8) is 0 Å². The lowest BCUT2D eigenvalue weighted by Crippen LogP contribution is -2.42. The summed E-state index contributed by atoms with van der Waals surface area (Å²) in [4.78, 5) is 12.8. The van der Waals surface area contributed by atoms with Crippen LogP contribution in [0.15, 0.2) is 34.7 Å². The number of benzene rings is 1. The number of carbonyl (C=O) groups excluding carboxylic acids is 1. The Morgan fingerprint density at radius 3 is 2.70 bits per heavy atom. The van der Waals surface area contributed by atoms with Gasteiger partial charge in [-0.1, -0.05) is 0 Å². The van der Waals surface area contributed by atoms with Gasteiger partial charge in [0, 0.05) is 18.2 Å². The smallest absolute Gasteiger partial charge is 0.161 e. The van der Waals surface area contributed by atoms with Gasteiger partial charge in [-0.25, -0.2) is 8.42 Å². The second-order valence-corrected chi connectivity index (χ2v) is 9.72. The number of methoxy groups -OCH3 is 1. The Morgan fingerprint density at radius 1 is 1.30 bits per heavy atom. The van der Waals surface area contributed by atoms with Crippen molar-refractivity contribution in [3.8, 4) is 11.5 Å². The van der Waals surface area contributed by atoms with Gasteiger partial charge >= 0.3 is 0 Å². The average molecular weight is 438 g/mol. The normalized spacial score (nSPS) is 19.0. The molecule has 9 heteroatoms. The lowest BCUT2D eigenvalue weighted by Gasteiger charge is -2.29. The van der Waals surface area contributed by atoms with Crippen LogP contribution in [0.3, 0.4) is 0 Å². The number of aryl methyl sites for hydroxylation is 1. The summed E-state index contributed by atoms with van der Waals surface area (Å²) in [6.07, 6.45) is 0.376. The van der Waals surface area contributed by atoms with E-state index in [9.17, 15) is 18.3 Å². The Balaban J connectivity index is 1.65. The zero-order valence-corrected chi connectivity index (χ0v) is 17.9. The zero-order valence-electron chi connectivity index (χ0n) is 17.1. The molecule has 3 rings (SSSR count). The number of aliphatic hydroxyl groups excluding tert-OH is 1. The maximum absolute atomic E-state index is 11.9. The number of nitrogens with zero attached hydrogens (tertiary/aromatic N) is 1. The SMILES string of the molecule is COc1cc(C=O)ccc1OCC(O)CN(Cc1ccc(C)o1)C1CCS(=O)(=O)C1. The van der Waals surface area contributed by atoms with Crippen molar-refractivity contribution in [1.82, 2.24) is 4.90 Å². The third-order valence-corrected chi connectivity index (χ3v) is 6.83. The maximum Gasteiger partial charge on any atom is 0.161 e. The number of aliphatic hydroxyl groups is 1. The van der Waals surface area contributed by atoms with Crippen LogP contribution >= 0.6 is 0 Å². The summed E-state index contributed by atoms with van der Waals surface area (Å²) >= 11 is 0. The Labute approximate surface area is 176 Å². The van der Waals surface area contributed by atoms with Gasteiger partial charge in [0.2, 0.25) is 0 Å². The number of sulfone groups is 1. The zero-order chi connectivity index (χ0) is 21.7. The molecule has 164 valence electrons. The fourth-order valence-corrected chi connectivity index (χ4v) is 5.32. The van der Waals surface area contributed by atoms with Crippen molar-refractivity contribution < 1.29 is 32.2 Å². The molecule has 0 aliphatic carbocycles. The van der Waals surface area contributed by atoms with Gasteiger partial charge in [0.05, 0.1) is 25.2 Å². The van der Waals surface area contributed by atoms with Crippen LogP contribution in [0.25, 0.3) is 0 Å². The standard InChI is InChI=1S/C21H27NO7S/c1-15-3-5-19(29-15)11-22(17-7-8-30(25,26)14-17)10-18(24)13-28-20-6-4-16(12-23)9-21(20)27-2/h3-6,9,12,17-18,24H,7-8,10-11,13-14H2,1-2H3. The lowest BCUT2D eigenvalue weighted by molar-refractivity contribution is 0.0489. The minimum atomic E-state index is -3.06. The number of aldehydes is 1. The van der Waals surface area contributed by atoms with E-state index in [0.717, 1.165) is 11.5 Å². The van der Waals surface area contributed by atoms with Crippen LogP contribution < -0.4 is 9.47 Å². The topological polar surface area (TPSA) is 106 Å². The molecule has 1 N–H and O–H groups in total. The minimum absolute atomic E-state index is 0.00997. The number of ether oxygens (including phenoxy) is 2. The van der Waals surface area contributed by atoms with Crippen LogP contribution in [0.1, 0.15) is 28.3 Å². The van der Waals surface area contributed by atoms with Crippen LogP contribution in [-0.4, -0.2) is 68.6 Å². The summed E-state index contributed by atoms with van der Waals surface area (Å²) < 4.78 is 40.5. The molecule has 2 unspecified atom stereocenters. The maximum atomic E-state index is 11.9. The summed E-state index contributed by atoms with van der Waals surface area (Å²) in [6, 6.07) is 8.30. The lowest BCUT2D eigenvalue weighted by atomic mass is 10.2. The molecular formula is C21H27NO7S. The molecule has 0 saturated carbocycles. The number of carbonyl (C=O) groups is 1. The Bertz CT molecular complexity index is 969. The molecule has 0 radical (unpaired) electrons. The first-order chi connectivity index (χ1) is 14.3. The summed E-state index contributed by atoms with van der Waals surface area (Å²) in [7, 11) is -1.59. The fourth-order valence-electron chi connectivity index (χ4n) is 3.56. The molecule has 0 amide bonds. The van der Waals surface area contributed by atoms with Gasteiger partial charge in [0.1, 0.15) is 30.5 Å². The van der Waals surface area contributed by atoms with Gasteiger partial charge in [0.25, 0.3) is 0 Å². The minimum Gasteiger partial charge on any atom is -0.493 e. The van der Waals surface area contributed by atoms with E-state index in [-0.39, 0.29) is 30.7 Å². The van der Waals surface area contributed by atoms with Crippen LogP contribution in [0.2, 0.25) is 0 Å². The number of hydrogen-bond acceptors (Lipinski definition) is 8. The molecular weight excluding hydrogens is 410 g/mol.